The average Bonchev–Trinajstić information content (AvgIpc) is 2.59. The third kappa shape index (κ3) is 7.65. The van der Waals surface area contributed by atoms with E-state index in [0.29, 0.717) is 57.2 Å². The van der Waals surface area contributed by atoms with Gasteiger partial charge in [0.25, 0.3) is 0 Å². The summed E-state index contributed by atoms with van der Waals surface area (Å²) < 4.78 is 22.2. The van der Waals surface area contributed by atoms with Crippen LogP contribution in [0.15, 0.2) is 24.3 Å². The first-order chi connectivity index (χ1) is 11.4. The number of hydrogen-bond acceptors (Lipinski definition) is 6. The summed E-state index contributed by atoms with van der Waals surface area (Å²) in [5.41, 5.74) is 6.43. The minimum Gasteiger partial charge on any atom is -0.489 e. The number of piperidine rings is 1. The Morgan fingerprint density at radius 2 is 1.57 bits per heavy atom. The summed E-state index contributed by atoms with van der Waals surface area (Å²) >= 11 is 0. The van der Waals surface area contributed by atoms with E-state index in [4.69, 9.17) is 24.7 Å². The molecule has 1 aliphatic heterocycles. The number of ether oxygens (including phenoxy) is 4. The lowest BCUT2D eigenvalue weighted by atomic mass is 10.1. The monoisotopic (exact) mass is 324 g/mol. The van der Waals surface area contributed by atoms with Crippen LogP contribution < -0.4 is 15.8 Å². The van der Waals surface area contributed by atoms with Crippen LogP contribution in [0.1, 0.15) is 12.8 Å². The fourth-order valence-electron chi connectivity index (χ4n) is 2.38. The van der Waals surface area contributed by atoms with Gasteiger partial charge in [-0.2, -0.15) is 0 Å². The number of hydrogen-bond donors (Lipinski definition) is 2. The first-order valence-electron chi connectivity index (χ1n) is 8.31. The average molecular weight is 324 g/mol. The van der Waals surface area contributed by atoms with E-state index in [9.17, 15) is 0 Å². The molecule has 1 aliphatic rings. The second kappa shape index (κ2) is 11.2. The van der Waals surface area contributed by atoms with Crippen molar-refractivity contribution in [3.05, 3.63) is 24.3 Å². The molecular formula is C17H28N2O4. The number of anilines is 1. The molecular weight excluding hydrogens is 296 g/mol. The molecule has 0 unspecified atom stereocenters. The van der Waals surface area contributed by atoms with E-state index < -0.39 is 0 Å². The van der Waals surface area contributed by atoms with E-state index in [1.54, 1.807) is 0 Å². The van der Waals surface area contributed by atoms with Crippen LogP contribution in [0.5, 0.6) is 5.75 Å². The maximum absolute atomic E-state index is 5.78. The van der Waals surface area contributed by atoms with Gasteiger partial charge in [0.2, 0.25) is 0 Å². The highest BCUT2D eigenvalue weighted by atomic mass is 16.6. The van der Waals surface area contributed by atoms with E-state index in [2.05, 4.69) is 5.32 Å². The van der Waals surface area contributed by atoms with Crippen LogP contribution in [0.3, 0.4) is 0 Å². The van der Waals surface area contributed by atoms with Crippen molar-refractivity contribution in [2.24, 2.45) is 0 Å². The maximum Gasteiger partial charge on any atom is 0.142 e. The van der Waals surface area contributed by atoms with Crippen molar-refractivity contribution < 1.29 is 18.9 Å². The van der Waals surface area contributed by atoms with Crippen molar-refractivity contribution in [2.75, 3.05) is 58.5 Å². The molecule has 23 heavy (non-hydrogen) atoms. The Balaban J connectivity index is 1.36. The van der Waals surface area contributed by atoms with Crippen LogP contribution in [0, 0.1) is 0 Å². The molecule has 6 heteroatoms. The minimum absolute atomic E-state index is 0.388. The molecule has 0 aliphatic carbocycles. The molecule has 2 rings (SSSR count). The molecule has 130 valence electrons. The smallest absolute Gasteiger partial charge is 0.142 e. The third-order valence-electron chi connectivity index (χ3n) is 3.64. The van der Waals surface area contributed by atoms with E-state index >= 15 is 0 Å². The highest BCUT2D eigenvalue weighted by Gasteiger charge is 2.12. The van der Waals surface area contributed by atoms with Gasteiger partial charge >= 0.3 is 0 Å². The summed E-state index contributed by atoms with van der Waals surface area (Å²) in [5.74, 6) is 0.697. The van der Waals surface area contributed by atoms with Crippen molar-refractivity contribution in [3.8, 4) is 5.75 Å². The zero-order valence-electron chi connectivity index (χ0n) is 13.7. The lowest BCUT2D eigenvalue weighted by Crippen LogP contribution is -2.33. The fourth-order valence-corrected chi connectivity index (χ4v) is 2.38. The molecule has 0 radical (unpaired) electrons. The molecule has 1 saturated heterocycles. The predicted molar refractivity (Wildman–Crippen MR) is 89.8 cm³/mol. The van der Waals surface area contributed by atoms with Gasteiger partial charge in [0.15, 0.2) is 0 Å². The van der Waals surface area contributed by atoms with Crippen molar-refractivity contribution in [1.29, 1.82) is 0 Å². The van der Waals surface area contributed by atoms with Crippen LogP contribution in [0.25, 0.3) is 0 Å². The number of nitrogen functional groups attached to an aromatic ring is 1. The SMILES string of the molecule is Nc1ccccc1OCCOCCOCCOC1CCNCC1. The summed E-state index contributed by atoms with van der Waals surface area (Å²) in [6, 6.07) is 7.44. The number of para-hydroxylation sites is 2. The van der Waals surface area contributed by atoms with E-state index in [1.165, 1.54) is 0 Å². The van der Waals surface area contributed by atoms with E-state index in [1.807, 2.05) is 24.3 Å². The summed E-state index contributed by atoms with van der Waals surface area (Å²) in [6.07, 6.45) is 2.57. The van der Waals surface area contributed by atoms with Crippen LogP contribution >= 0.6 is 0 Å². The Morgan fingerprint density at radius 1 is 0.913 bits per heavy atom. The van der Waals surface area contributed by atoms with Gasteiger partial charge in [0, 0.05) is 0 Å². The molecule has 1 heterocycles. The van der Waals surface area contributed by atoms with Gasteiger partial charge in [-0.25, -0.2) is 0 Å². The van der Waals surface area contributed by atoms with E-state index in [0.717, 1.165) is 25.9 Å². The second-order valence-corrected chi connectivity index (χ2v) is 5.43. The molecule has 0 amide bonds. The van der Waals surface area contributed by atoms with Crippen LogP contribution in [0.2, 0.25) is 0 Å². The normalized spacial score (nSPS) is 15.7. The van der Waals surface area contributed by atoms with Gasteiger partial charge in [-0.15, -0.1) is 0 Å². The molecule has 1 fully saturated rings. The largest absolute Gasteiger partial charge is 0.489 e. The van der Waals surface area contributed by atoms with Crippen molar-refractivity contribution >= 4 is 5.69 Å². The third-order valence-corrected chi connectivity index (χ3v) is 3.64. The first-order valence-corrected chi connectivity index (χ1v) is 8.31. The number of nitrogens with one attached hydrogen (secondary N) is 1. The predicted octanol–water partition coefficient (Wildman–Crippen LogP) is 1.45. The minimum atomic E-state index is 0.388. The quantitative estimate of drug-likeness (QED) is 0.474. The van der Waals surface area contributed by atoms with Crippen molar-refractivity contribution in [3.63, 3.8) is 0 Å². The number of rotatable bonds is 11. The van der Waals surface area contributed by atoms with Crippen LogP contribution in [0.4, 0.5) is 5.69 Å². The summed E-state index contributed by atoms with van der Waals surface area (Å²) in [6.45, 7) is 5.50. The van der Waals surface area contributed by atoms with Gasteiger partial charge < -0.3 is 30.0 Å². The Bertz CT molecular complexity index is 425. The molecule has 0 bridgehead atoms. The molecule has 0 spiro atoms. The number of nitrogens with two attached hydrogens (primary N) is 1. The van der Waals surface area contributed by atoms with Crippen LogP contribution in [-0.2, 0) is 14.2 Å². The van der Waals surface area contributed by atoms with Crippen molar-refractivity contribution in [1.82, 2.24) is 5.32 Å². The molecule has 1 aromatic carbocycles. The Morgan fingerprint density at radius 3 is 2.30 bits per heavy atom. The second-order valence-electron chi connectivity index (χ2n) is 5.43. The Labute approximate surface area is 138 Å². The van der Waals surface area contributed by atoms with E-state index in [-0.39, 0.29) is 0 Å². The zero-order valence-corrected chi connectivity index (χ0v) is 13.7. The van der Waals surface area contributed by atoms with Crippen LogP contribution in [-0.4, -0.2) is 58.8 Å². The zero-order chi connectivity index (χ0) is 16.2. The fraction of sp³-hybridized carbons (Fsp3) is 0.647. The topological polar surface area (TPSA) is 75.0 Å². The van der Waals surface area contributed by atoms with Gasteiger partial charge in [0.05, 0.1) is 44.8 Å². The first kappa shape index (κ1) is 18.0. The van der Waals surface area contributed by atoms with Crippen molar-refractivity contribution in [2.45, 2.75) is 18.9 Å². The summed E-state index contributed by atoms with van der Waals surface area (Å²) in [4.78, 5) is 0. The highest BCUT2D eigenvalue weighted by Crippen LogP contribution is 2.19. The Kier molecular flexibility index (Phi) is 8.80. The molecule has 0 saturated carbocycles. The Hall–Kier alpha value is -1.34. The lowest BCUT2D eigenvalue weighted by molar-refractivity contribution is -0.0214. The highest BCUT2D eigenvalue weighted by molar-refractivity contribution is 5.51. The molecule has 1 aromatic rings. The summed E-state index contributed by atoms with van der Waals surface area (Å²) in [5, 5.41) is 3.32. The summed E-state index contributed by atoms with van der Waals surface area (Å²) in [7, 11) is 0. The molecule has 0 atom stereocenters. The maximum atomic E-state index is 5.78. The van der Waals surface area contributed by atoms with Gasteiger partial charge in [-0.1, -0.05) is 12.1 Å². The molecule has 0 aromatic heterocycles. The molecule has 3 N–H and O–H groups in total. The number of benzene rings is 1. The van der Waals surface area contributed by atoms with Gasteiger partial charge in [0.1, 0.15) is 12.4 Å². The van der Waals surface area contributed by atoms with Gasteiger partial charge in [-0.05, 0) is 38.1 Å². The standard InChI is InChI=1S/C17H28N2O4/c18-16-3-1-2-4-17(16)23-14-12-21-10-9-20-11-13-22-15-5-7-19-8-6-15/h1-4,15,19H,5-14,18H2. The van der Waals surface area contributed by atoms with Gasteiger partial charge in [-0.3, -0.25) is 0 Å². The lowest BCUT2D eigenvalue weighted by Gasteiger charge is -2.22. The molecule has 6 nitrogen and oxygen atoms in total.